The normalized spacial score (nSPS) is 11.7. The molecule has 2 N–H and O–H groups in total. The van der Waals surface area contributed by atoms with Crippen LogP contribution in [0.1, 0.15) is 41.5 Å². The molecule has 0 aliphatic rings. The van der Waals surface area contributed by atoms with Crippen LogP contribution in [0.4, 0.5) is 0 Å². The molecule has 3 aromatic rings. The Morgan fingerprint density at radius 1 is 1.07 bits per heavy atom. The highest BCUT2D eigenvalue weighted by atomic mass is 16.5. The second kappa shape index (κ2) is 9.69. The molecule has 0 aliphatic heterocycles. The van der Waals surface area contributed by atoms with Gasteiger partial charge in [0.15, 0.2) is 0 Å². The molecule has 1 atom stereocenters. The van der Waals surface area contributed by atoms with Crippen LogP contribution in [0, 0.1) is 0 Å². The van der Waals surface area contributed by atoms with Crippen LogP contribution in [0.3, 0.4) is 0 Å². The van der Waals surface area contributed by atoms with Gasteiger partial charge in [-0.15, -0.1) is 0 Å². The van der Waals surface area contributed by atoms with E-state index in [1.54, 1.807) is 37.7 Å². The summed E-state index contributed by atoms with van der Waals surface area (Å²) < 4.78 is 5.21. The molecular formula is C22H25N5O3. The molecule has 0 saturated heterocycles. The van der Waals surface area contributed by atoms with Gasteiger partial charge in [0.05, 0.1) is 7.11 Å². The van der Waals surface area contributed by atoms with Gasteiger partial charge in [0.2, 0.25) is 5.91 Å². The standard InChI is InChI=1S/C22H25N5O3/c1-15(2)25-21(28)20(17-8-11-23-12-9-17)27(22(29)19-10-13-24-26-19)14-16-4-6-18(30-3)7-5-16/h4-13,15,20H,14H2,1-3H3,(H,24,26)(H,25,28). The van der Waals surface area contributed by atoms with Gasteiger partial charge in [0.1, 0.15) is 17.5 Å². The van der Waals surface area contributed by atoms with E-state index in [2.05, 4.69) is 20.5 Å². The predicted octanol–water partition coefficient (Wildman–Crippen LogP) is 2.72. The fourth-order valence-electron chi connectivity index (χ4n) is 3.12. The first-order valence-corrected chi connectivity index (χ1v) is 9.63. The number of carbonyl (C=O) groups is 2. The summed E-state index contributed by atoms with van der Waals surface area (Å²) in [7, 11) is 1.60. The molecule has 0 fully saturated rings. The Morgan fingerprint density at radius 3 is 2.33 bits per heavy atom. The van der Waals surface area contributed by atoms with Crippen LogP contribution in [0.25, 0.3) is 0 Å². The number of carbonyl (C=O) groups excluding carboxylic acids is 2. The highest BCUT2D eigenvalue weighted by Gasteiger charge is 2.33. The lowest BCUT2D eigenvalue weighted by Crippen LogP contribution is -2.45. The van der Waals surface area contributed by atoms with E-state index in [1.807, 2.05) is 38.1 Å². The van der Waals surface area contributed by atoms with E-state index < -0.39 is 6.04 Å². The van der Waals surface area contributed by atoms with E-state index in [0.717, 1.165) is 5.56 Å². The van der Waals surface area contributed by atoms with Gasteiger partial charge in [-0.05, 0) is 55.3 Å². The Hall–Kier alpha value is -3.68. The molecule has 30 heavy (non-hydrogen) atoms. The molecule has 2 heterocycles. The average molecular weight is 407 g/mol. The quantitative estimate of drug-likeness (QED) is 0.598. The van der Waals surface area contributed by atoms with Crippen LogP contribution in [0.5, 0.6) is 5.75 Å². The first kappa shape index (κ1) is 21.0. The number of aromatic amines is 1. The van der Waals surface area contributed by atoms with Crippen LogP contribution in [-0.4, -0.2) is 45.0 Å². The van der Waals surface area contributed by atoms with Crippen molar-refractivity contribution < 1.29 is 14.3 Å². The van der Waals surface area contributed by atoms with Crippen LogP contribution in [0.15, 0.2) is 61.1 Å². The Kier molecular flexibility index (Phi) is 6.79. The first-order valence-electron chi connectivity index (χ1n) is 9.63. The Balaban J connectivity index is 2.03. The van der Waals surface area contributed by atoms with Crippen molar-refractivity contribution >= 4 is 11.8 Å². The molecule has 2 aromatic heterocycles. The number of rotatable bonds is 8. The number of nitrogens with one attached hydrogen (secondary N) is 2. The third kappa shape index (κ3) is 5.02. The highest BCUT2D eigenvalue weighted by molar-refractivity contribution is 5.96. The molecule has 0 aliphatic carbocycles. The number of H-pyrrole nitrogens is 1. The second-order valence-corrected chi connectivity index (χ2v) is 7.10. The van der Waals surface area contributed by atoms with E-state index in [4.69, 9.17) is 4.74 Å². The summed E-state index contributed by atoms with van der Waals surface area (Å²) in [6.07, 6.45) is 4.73. The third-order valence-electron chi connectivity index (χ3n) is 4.52. The maximum atomic E-state index is 13.4. The first-order chi connectivity index (χ1) is 14.5. The van der Waals surface area contributed by atoms with E-state index in [-0.39, 0.29) is 24.4 Å². The van der Waals surface area contributed by atoms with Gasteiger partial charge >= 0.3 is 0 Å². The monoisotopic (exact) mass is 407 g/mol. The zero-order valence-electron chi connectivity index (χ0n) is 17.2. The van der Waals surface area contributed by atoms with E-state index in [1.165, 1.54) is 11.1 Å². The van der Waals surface area contributed by atoms with Gasteiger partial charge < -0.3 is 15.0 Å². The van der Waals surface area contributed by atoms with Gasteiger partial charge in [-0.2, -0.15) is 5.10 Å². The number of aromatic nitrogens is 3. The molecule has 8 heteroatoms. The zero-order valence-corrected chi connectivity index (χ0v) is 17.2. The molecule has 3 rings (SSSR count). The number of amides is 2. The molecule has 0 bridgehead atoms. The summed E-state index contributed by atoms with van der Waals surface area (Å²) in [5, 5.41) is 9.51. The molecule has 0 radical (unpaired) electrons. The van der Waals surface area contributed by atoms with Crippen LogP contribution in [-0.2, 0) is 11.3 Å². The number of pyridine rings is 1. The lowest BCUT2D eigenvalue weighted by atomic mass is 10.0. The van der Waals surface area contributed by atoms with Crippen molar-refractivity contribution in [1.82, 2.24) is 25.4 Å². The van der Waals surface area contributed by atoms with Crippen LogP contribution in [0.2, 0.25) is 0 Å². The van der Waals surface area contributed by atoms with Crippen molar-refractivity contribution in [3.8, 4) is 5.75 Å². The van der Waals surface area contributed by atoms with Crippen LogP contribution >= 0.6 is 0 Å². The lowest BCUT2D eigenvalue weighted by Gasteiger charge is -2.31. The largest absolute Gasteiger partial charge is 0.497 e. The van der Waals surface area contributed by atoms with Gasteiger partial charge in [0.25, 0.3) is 5.91 Å². The third-order valence-corrected chi connectivity index (χ3v) is 4.52. The van der Waals surface area contributed by atoms with Crippen molar-refractivity contribution in [2.45, 2.75) is 32.5 Å². The fraction of sp³-hybridized carbons (Fsp3) is 0.273. The molecule has 2 amide bonds. The minimum Gasteiger partial charge on any atom is -0.497 e. The smallest absolute Gasteiger partial charge is 0.273 e. The highest BCUT2D eigenvalue weighted by Crippen LogP contribution is 2.26. The van der Waals surface area contributed by atoms with Gasteiger partial charge in [0, 0.05) is 31.2 Å². The summed E-state index contributed by atoms with van der Waals surface area (Å²) in [5.41, 5.74) is 1.84. The molecule has 0 saturated carbocycles. The molecular weight excluding hydrogens is 382 g/mol. The van der Waals surface area contributed by atoms with Gasteiger partial charge in [-0.3, -0.25) is 19.7 Å². The Bertz CT molecular complexity index is 956. The molecule has 0 spiro atoms. The zero-order chi connectivity index (χ0) is 21.5. The number of ether oxygens (including phenoxy) is 1. The van der Waals surface area contributed by atoms with Crippen molar-refractivity contribution in [2.75, 3.05) is 7.11 Å². The number of hydrogen-bond acceptors (Lipinski definition) is 5. The van der Waals surface area contributed by atoms with E-state index >= 15 is 0 Å². The molecule has 1 aromatic carbocycles. The van der Waals surface area contributed by atoms with Crippen molar-refractivity contribution in [1.29, 1.82) is 0 Å². The lowest BCUT2D eigenvalue weighted by molar-refractivity contribution is -0.126. The molecule has 156 valence electrons. The Morgan fingerprint density at radius 2 is 1.77 bits per heavy atom. The summed E-state index contributed by atoms with van der Waals surface area (Å²) in [4.78, 5) is 32.1. The number of hydrogen-bond donors (Lipinski definition) is 2. The summed E-state index contributed by atoms with van der Waals surface area (Å²) in [6.45, 7) is 3.98. The van der Waals surface area contributed by atoms with Gasteiger partial charge in [-0.25, -0.2) is 0 Å². The van der Waals surface area contributed by atoms with E-state index in [0.29, 0.717) is 17.0 Å². The molecule has 1 unspecified atom stereocenters. The van der Waals surface area contributed by atoms with Crippen molar-refractivity contribution in [2.24, 2.45) is 0 Å². The fourth-order valence-corrected chi connectivity index (χ4v) is 3.12. The predicted molar refractivity (Wildman–Crippen MR) is 112 cm³/mol. The summed E-state index contributed by atoms with van der Waals surface area (Å²) in [5.74, 6) is 0.120. The summed E-state index contributed by atoms with van der Waals surface area (Å²) in [6, 6.07) is 11.5. The van der Waals surface area contributed by atoms with Gasteiger partial charge in [-0.1, -0.05) is 12.1 Å². The minimum absolute atomic E-state index is 0.0769. The Labute approximate surface area is 175 Å². The molecule has 8 nitrogen and oxygen atoms in total. The second-order valence-electron chi connectivity index (χ2n) is 7.10. The topological polar surface area (TPSA) is 100 Å². The van der Waals surface area contributed by atoms with Crippen molar-refractivity contribution in [3.63, 3.8) is 0 Å². The van der Waals surface area contributed by atoms with Crippen LogP contribution < -0.4 is 10.1 Å². The average Bonchev–Trinajstić information content (AvgIpc) is 3.28. The maximum Gasteiger partial charge on any atom is 0.273 e. The number of benzene rings is 1. The SMILES string of the molecule is COc1ccc(CN(C(=O)c2ccn[nH]2)C(C(=O)NC(C)C)c2ccncc2)cc1. The minimum atomic E-state index is -0.840. The number of nitrogens with zero attached hydrogens (tertiary/aromatic N) is 3. The maximum absolute atomic E-state index is 13.4. The number of methoxy groups -OCH3 is 1. The van der Waals surface area contributed by atoms with Crippen molar-refractivity contribution in [3.05, 3.63) is 77.9 Å². The van der Waals surface area contributed by atoms with E-state index in [9.17, 15) is 9.59 Å². The summed E-state index contributed by atoms with van der Waals surface area (Å²) >= 11 is 0.